The zero-order valence-corrected chi connectivity index (χ0v) is 16.5. The maximum Gasteiger partial charge on any atom is 0.225 e. The zero-order chi connectivity index (χ0) is 21.5. The second kappa shape index (κ2) is 7.88. The molecule has 2 aliphatic rings. The quantitative estimate of drug-likeness (QED) is 0.549. The number of benzene rings is 2. The minimum atomic E-state index is -1.82. The molecule has 0 aromatic heterocycles. The molecule has 2 aliphatic heterocycles. The topological polar surface area (TPSA) is 109 Å². The lowest BCUT2D eigenvalue weighted by molar-refractivity contribution is -0.329. The van der Waals surface area contributed by atoms with Crippen molar-refractivity contribution < 1.29 is 39.0 Å². The minimum absolute atomic E-state index is 0.232. The second-order valence-electron chi connectivity index (χ2n) is 7.72. The molecule has 0 radical (unpaired) electrons. The van der Waals surface area contributed by atoms with Gasteiger partial charge >= 0.3 is 0 Å². The van der Waals surface area contributed by atoms with E-state index in [2.05, 4.69) is 0 Å². The molecule has 0 saturated carbocycles. The van der Waals surface area contributed by atoms with E-state index in [0.29, 0.717) is 17.7 Å². The molecule has 5 atom stereocenters. The Bertz CT molecular complexity index is 905. The van der Waals surface area contributed by atoms with Gasteiger partial charge in [0.1, 0.15) is 35.5 Å². The zero-order valence-electron chi connectivity index (χ0n) is 16.5. The summed E-state index contributed by atoms with van der Waals surface area (Å²) in [6.07, 6.45) is -4.49. The molecule has 2 bridgehead atoms. The Morgan fingerprint density at radius 1 is 1.10 bits per heavy atom. The molecule has 0 unspecified atom stereocenters. The molecule has 2 heterocycles. The average Bonchev–Trinajstić information content (AvgIpc) is 3.14. The molecule has 0 spiro atoms. The van der Waals surface area contributed by atoms with Crippen LogP contribution in [0.15, 0.2) is 42.5 Å². The lowest BCUT2D eigenvalue weighted by atomic mass is 9.83. The number of aliphatic hydroxyl groups is 4. The van der Waals surface area contributed by atoms with E-state index >= 15 is 0 Å². The van der Waals surface area contributed by atoms with Crippen LogP contribution in [0, 0.1) is 5.82 Å². The highest BCUT2D eigenvalue weighted by Gasteiger charge is 2.67. The third-order valence-corrected chi connectivity index (χ3v) is 5.81. The van der Waals surface area contributed by atoms with Gasteiger partial charge in [-0.15, -0.1) is 0 Å². The molecule has 30 heavy (non-hydrogen) atoms. The van der Waals surface area contributed by atoms with Gasteiger partial charge in [0.2, 0.25) is 5.79 Å². The summed E-state index contributed by atoms with van der Waals surface area (Å²) in [7, 11) is 0. The van der Waals surface area contributed by atoms with Gasteiger partial charge in [-0.2, -0.15) is 0 Å². The van der Waals surface area contributed by atoms with E-state index in [4.69, 9.17) is 14.2 Å². The summed E-state index contributed by atoms with van der Waals surface area (Å²) in [5.74, 6) is -1.54. The van der Waals surface area contributed by atoms with Gasteiger partial charge in [0.15, 0.2) is 0 Å². The first-order chi connectivity index (χ1) is 14.3. The summed E-state index contributed by atoms with van der Waals surface area (Å²) in [5.41, 5.74) is -0.0850. The number of aliphatic hydroxyl groups excluding tert-OH is 4. The lowest BCUT2D eigenvalue weighted by Gasteiger charge is -2.45. The summed E-state index contributed by atoms with van der Waals surface area (Å²) in [6.45, 7) is 1.60. The molecule has 2 aromatic rings. The fraction of sp³-hybridized carbons (Fsp3) is 0.455. The van der Waals surface area contributed by atoms with Crippen molar-refractivity contribution in [2.45, 2.75) is 43.0 Å². The monoisotopic (exact) mass is 420 g/mol. The Balaban J connectivity index is 1.66. The minimum Gasteiger partial charge on any atom is -0.494 e. The first-order valence-electron chi connectivity index (χ1n) is 9.85. The SMILES string of the molecule is CCOc1ccc(Cc2cc([C@]34OC[C@](CO)(O3)[C@@H](O)[C@H](O)[C@@H]4O)ccc2F)cc1. The molecule has 2 aromatic carbocycles. The van der Waals surface area contributed by atoms with Gasteiger partial charge in [-0.05, 0) is 42.3 Å². The van der Waals surface area contributed by atoms with Crippen molar-refractivity contribution in [1.29, 1.82) is 0 Å². The first kappa shape index (κ1) is 21.2. The van der Waals surface area contributed by atoms with Gasteiger partial charge in [0.05, 0.1) is 19.8 Å². The van der Waals surface area contributed by atoms with Crippen LogP contribution >= 0.6 is 0 Å². The summed E-state index contributed by atoms with van der Waals surface area (Å²) < 4.78 is 31.5. The largest absolute Gasteiger partial charge is 0.494 e. The number of fused-ring (bicyclic) bond motifs is 2. The molecular formula is C22H25FO7. The molecule has 2 fully saturated rings. The number of ether oxygens (including phenoxy) is 3. The molecule has 2 saturated heterocycles. The van der Waals surface area contributed by atoms with Crippen molar-refractivity contribution in [3.63, 3.8) is 0 Å². The van der Waals surface area contributed by atoms with Crippen LogP contribution in [-0.2, 0) is 21.7 Å². The van der Waals surface area contributed by atoms with Gasteiger partial charge in [-0.1, -0.05) is 18.2 Å². The van der Waals surface area contributed by atoms with Crippen LogP contribution in [0.25, 0.3) is 0 Å². The maximum atomic E-state index is 14.5. The van der Waals surface area contributed by atoms with E-state index in [1.807, 2.05) is 19.1 Å². The Morgan fingerprint density at radius 2 is 1.83 bits per heavy atom. The normalized spacial score (nSPS) is 32.9. The molecular weight excluding hydrogens is 395 g/mol. The van der Waals surface area contributed by atoms with E-state index < -0.39 is 42.1 Å². The molecule has 8 heteroatoms. The van der Waals surface area contributed by atoms with Crippen molar-refractivity contribution >= 4 is 0 Å². The predicted octanol–water partition coefficient (Wildman–Crippen LogP) is 0.842. The van der Waals surface area contributed by atoms with Crippen molar-refractivity contribution in [3.8, 4) is 5.75 Å². The van der Waals surface area contributed by atoms with Crippen LogP contribution < -0.4 is 4.74 Å². The first-order valence-corrected chi connectivity index (χ1v) is 9.85. The van der Waals surface area contributed by atoms with Gasteiger partial charge in [-0.25, -0.2) is 4.39 Å². The van der Waals surface area contributed by atoms with Crippen LogP contribution in [-0.4, -0.2) is 64.2 Å². The Kier molecular flexibility index (Phi) is 5.56. The van der Waals surface area contributed by atoms with Crippen LogP contribution in [0.5, 0.6) is 5.75 Å². The van der Waals surface area contributed by atoms with Crippen molar-refractivity contribution in [3.05, 3.63) is 65.0 Å². The maximum absolute atomic E-state index is 14.5. The fourth-order valence-electron chi connectivity index (χ4n) is 4.09. The summed E-state index contributed by atoms with van der Waals surface area (Å²) in [5, 5.41) is 40.9. The van der Waals surface area contributed by atoms with Gasteiger partial charge in [-0.3, -0.25) is 0 Å². The average molecular weight is 420 g/mol. The van der Waals surface area contributed by atoms with Gasteiger partial charge in [0.25, 0.3) is 0 Å². The van der Waals surface area contributed by atoms with Crippen molar-refractivity contribution in [1.82, 2.24) is 0 Å². The van der Waals surface area contributed by atoms with Crippen LogP contribution in [0.1, 0.15) is 23.6 Å². The lowest BCUT2D eigenvalue weighted by Crippen LogP contribution is -2.65. The predicted molar refractivity (Wildman–Crippen MR) is 103 cm³/mol. The highest BCUT2D eigenvalue weighted by Crippen LogP contribution is 2.49. The summed E-state index contributed by atoms with van der Waals surface area (Å²) in [4.78, 5) is 0. The summed E-state index contributed by atoms with van der Waals surface area (Å²) >= 11 is 0. The van der Waals surface area contributed by atoms with Crippen molar-refractivity contribution in [2.75, 3.05) is 19.8 Å². The van der Waals surface area contributed by atoms with E-state index in [0.717, 1.165) is 11.3 Å². The number of rotatable bonds is 6. The Hall–Kier alpha value is -2.07. The van der Waals surface area contributed by atoms with Crippen LogP contribution in [0.4, 0.5) is 4.39 Å². The molecule has 0 aliphatic carbocycles. The number of halogens is 1. The standard InChI is InChI=1S/C22H25FO7/c1-2-28-16-6-3-13(4-7-16)9-14-10-15(5-8-17(14)23)22-20(27)18(25)19(26)21(11-24,30-22)12-29-22/h3-8,10,18-20,24-27H,2,9,11-12H2,1H3/t18-,19-,20-,21-,22-/m0/s1. The van der Waals surface area contributed by atoms with Crippen LogP contribution in [0.3, 0.4) is 0 Å². The summed E-state index contributed by atoms with van der Waals surface area (Å²) in [6, 6.07) is 11.4. The fourth-order valence-corrected chi connectivity index (χ4v) is 4.09. The molecule has 4 rings (SSSR count). The second-order valence-corrected chi connectivity index (χ2v) is 7.72. The van der Waals surface area contributed by atoms with E-state index in [1.54, 1.807) is 12.1 Å². The Labute approximate surface area is 173 Å². The van der Waals surface area contributed by atoms with E-state index in [1.165, 1.54) is 18.2 Å². The number of hydrogen-bond donors (Lipinski definition) is 4. The third kappa shape index (κ3) is 3.30. The number of hydrogen-bond acceptors (Lipinski definition) is 7. The Morgan fingerprint density at radius 3 is 2.50 bits per heavy atom. The molecule has 7 nitrogen and oxygen atoms in total. The van der Waals surface area contributed by atoms with Gasteiger partial charge < -0.3 is 34.6 Å². The highest BCUT2D eigenvalue weighted by molar-refractivity contribution is 5.36. The van der Waals surface area contributed by atoms with Crippen LogP contribution in [0.2, 0.25) is 0 Å². The molecule has 4 N–H and O–H groups in total. The molecule has 162 valence electrons. The molecule has 0 amide bonds. The van der Waals surface area contributed by atoms with E-state index in [9.17, 15) is 24.8 Å². The van der Waals surface area contributed by atoms with E-state index in [-0.39, 0.29) is 13.0 Å². The highest BCUT2D eigenvalue weighted by atomic mass is 19.1. The third-order valence-electron chi connectivity index (χ3n) is 5.81. The van der Waals surface area contributed by atoms with Gasteiger partial charge in [0, 0.05) is 12.0 Å². The van der Waals surface area contributed by atoms with Crippen molar-refractivity contribution in [2.24, 2.45) is 0 Å². The smallest absolute Gasteiger partial charge is 0.225 e.